The number of esters is 2. The van der Waals surface area contributed by atoms with Crippen LogP contribution in [0.15, 0.2) is 48.5 Å². The Balaban J connectivity index is 2.15. The standard InChI is InChI=1S/C14H8Cl2O3/c15-10-6-7-11(12(16)8-10)14(18)19-13(17)9-4-2-1-3-5-9/h1-8H. The number of benzene rings is 2. The van der Waals surface area contributed by atoms with Crippen molar-refractivity contribution in [1.82, 2.24) is 0 Å². The summed E-state index contributed by atoms with van der Waals surface area (Å²) in [6.07, 6.45) is 0. The number of ether oxygens (including phenoxy) is 1. The molecule has 0 spiro atoms. The van der Waals surface area contributed by atoms with Crippen LogP contribution in [0.1, 0.15) is 20.7 Å². The van der Waals surface area contributed by atoms with E-state index >= 15 is 0 Å². The lowest BCUT2D eigenvalue weighted by atomic mass is 10.2. The Morgan fingerprint density at radius 1 is 0.895 bits per heavy atom. The van der Waals surface area contributed by atoms with E-state index in [1.165, 1.54) is 18.2 Å². The maximum absolute atomic E-state index is 11.8. The van der Waals surface area contributed by atoms with E-state index < -0.39 is 11.9 Å². The first-order valence-electron chi connectivity index (χ1n) is 5.34. The van der Waals surface area contributed by atoms with E-state index in [4.69, 9.17) is 27.9 Å². The zero-order valence-corrected chi connectivity index (χ0v) is 11.1. The predicted molar refractivity (Wildman–Crippen MR) is 72.7 cm³/mol. The second-order valence-electron chi connectivity index (χ2n) is 3.67. The number of carbonyl (C=O) groups excluding carboxylic acids is 2. The summed E-state index contributed by atoms with van der Waals surface area (Å²) < 4.78 is 4.74. The highest BCUT2D eigenvalue weighted by Gasteiger charge is 2.17. The van der Waals surface area contributed by atoms with E-state index in [-0.39, 0.29) is 10.6 Å². The molecule has 0 saturated heterocycles. The minimum atomic E-state index is -0.810. The van der Waals surface area contributed by atoms with Crippen LogP contribution in [-0.2, 0) is 4.74 Å². The normalized spacial score (nSPS) is 10.0. The minimum Gasteiger partial charge on any atom is -0.386 e. The first kappa shape index (κ1) is 13.6. The van der Waals surface area contributed by atoms with Crippen LogP contribution in [0.3, 0.4) is 0 Å². The summed E-state index contributed by atoms with van der Waals surface area (Å²) in [5.41, 5.74) is 0.385. The first-order chi connectivity index (χ1) is 9.08. The van der Waals surface area contributed by atoms with Crippen molar-refractivity contribution < 1.29 is 14.3 Å². The fourth-order valence-electron chi connectivity index (χ4n) is 1.43. The van der Waals surface area contributed by atoms with Gasteiger partial charge in [0.2, 0.25) is 0 Å². The summed E-state index contributed by atoms with van der Waals surface area (Å²) in [7, 11) is 0. The SMILES string of the molecule is O=C(OC(=O)c1ccc(Cl)cc1Cl)c1ccccc1. The van der Waals surface area contributed by atoms with Crippen LogP contribution in [0.2, 0.25) is 10.0 Å². The highest BCUT2D eigenvalue weighted by Crippen LogP contribution is 2.22. The molecule has 0 unspecified atom stereocenters. The molecular weight excluding hydrogens is 287 g/mol. The largest absolute Gasteiger partial charge is 0.386 e. The molecule has 0 aromatic heterocycles. The summed E-state index contributed by atoms with van der Waals surface area (Å²) in [6, 6.07) is 12.5. The van der Waals surface area contributed by atoms with Crippen LogP contribution < -0.4 is 0 Å². The molecule has 0 atom stereocenters. The molecule has 2 aromatic rings. The molecule has 3 nitrogen and oxygen atoms in total. The van der Waals surface area contributed by atoms with Gasteiger partial charge in [-0.15, -0.1) is 0 Å². The van der Waals surface area contributed by atoms with Gasteiger partial charge >= 0.3 is 11.9 Å². The number of rotatable bonds is 2. The van der Waals surface area contributed by atoms with Crippen molar-refractivity contribution in [1.29, 1.82) is 0 Å². The summed E-state index contributed by atoms with van der Waals surface area (Å²) >= 11 is 11.6. The molecule has 0 bridgehead atoms. The van der Waals surface area contributed by atoms with Gasteiger partial charge in [-0.3, -0.25) is 0 Å². The van der Waals surface area contributed by atoms with Gasteiger partial charge in [0, 0.05) is 5.02 Å². The molecular formula is C14H8Cl2O3. The molecule has 0 aliphatic carbocycles. The van der Waals surface area contributed by atoms with Gasteiger partial charge < -0.3 is 4.74 Å². The summed E-state index contributed by atoms with van der Waals surface area (Å²) in [5.74, 6) is -1.54. The second-order valence-corrected chi connectivity index (χ2v) is 4.51. The Labute approximate surface area is 119 Å². The molecule has 5 heteroatoms. The van der Waals surface area contributed by atoms with E-state index in [9.17, 15) is 9.59 Å². The van der Waals surface area contributed by atoms with Crippen LogP contribution in [-0.4, -0.2) is 11.9 Å². The van der Waals surface area contributed by atoms with Gasteiger partial charge in [0.25, 0.3) is 0 Å². The van der Waals surface area contributed by atoms with E-state index in [0.717, 1.165) is 0 Å². The molecule has 0 aliphatic rings. The summed E-state index contributed by atoms with van der Waals surface area (Å²) in [6.45, 7) is 0. The van der Waals surface area contributed by atoms with Crippen LogP contribution in [0.25, 0.3) is 0 Å². The molecule has 0 heterocycles. The first-order valence-corrected chi connectivity index (χ1v) is 6.10. The van der Waals surface area contributed by atoms with Gasteiger partial charge in [-0.05, 0) is 30.3 Å². The molecule has 0 N–H and O–H groups in total. The summed E-state index contributed by atoms with van der Waals surface area (Å²) in [4.78, 5) is 23.5. The van der Waals surface area contributed by atoms with Crippen LogP contribution in [0, 0.1) is 0 Å². The highest BCUT2D eigenvalue weighted by atomic mass is 35.5. The minimum absolute atomic E-state index is 0.0929. The average molecular weight is 295 g/mol. The lowest BCUT2D eigenvalue weighted by molar-refractivity contribution is 0.0398. The lowest BCUT2D eigenvalue weighted by Crippen LogP contribution is -2.13. The van der Waals surface area contributed by atoms with E-state index in [1.54, 1.807) is 30.3 Å². The molecule has 19 heavy (non-hydrogen) atoms. The maximum atomic E-state index is 11.8. The van der Waals surface area contributed by atoms with Gasteiger partial charge in [-0.2, -0.15) is 0 Å². The van der Waals surface area contributed by atoms with E-state index in [2.05, 4.69) is 0 Å². The van der Waals surface area contributed by atoms with Gasteiger partial charge in [0.05, 0.1) is 16.1 Å². The molecule has 0 saturated carbocycles. The molecule has 0 aliphatic heterocycles. The number of hydrogen-bond acceptors (Lipinski definition) is 3. The number of carbonyl (C=O) groups is 2. The van der Waals surface area contributed by atoms with Crippen molar-refractivity contribution in [2.24, 2.45) is 0 Å². The van der Waals surface area contributed by atoms with Crippen LogP contribution >= 0.6 is 23.2 Å². The predicted octanol–water partition coefficient (Wildman–Crippen LogP) is 3.99. The Morgan fingerprint density at radius 2 is 1.58 bits per heavy atom. The Kier molecular flexibility index (Phi) is 4.20. The quantitative estimate of drug-likeness (QED) is 0.621. The molecule has 96 valence electrons. The van der Waals surface area contributed by atoms with Gasteiger partial charge in [0.15, 0.2) is 0 Å². The van der Waals surface area contributed by atoms with Crippen molar-refractivity contribution in [2.75, 3.05) is 0 Å². The van der Waals surface area contributed by atoms with E-state index in [0.29, 0.717) is 10.6 Å². The number of hydrogen-bond donors (Lipinski definition) is 0. The van der Waals surface area contributed by atoms with Crippen molar-refractivity contribution in [3.8, 4) is 0 Å². The zero-order valence-electron chi connectivity index (χ0n) is 9.60. The summed E-state index contributed by atoms with van der Waals surface area (Å²) in [5, 5.41) is 0.536. The lowest BCUT2D eigenvalue weighted by Gasteiger charge is -2.05. The molecule has 0 fully saturated rings. The fourth-order valence-corrected chi connectivity index (χ4v) is 1.91. The molecule has 2 aromatic carbocycles. The highest BCUT2D eigenvalue weighted by molar-refractivity contribution is 6.36. The fraction of sp³-hybridized carbons (Fsp3) is 0. The Bertz CT molecular complexity index is 624. The van der Waals surface area contributed by atoms with E-state index in [1.807, 2.05) is 0 Å². The number of halogens is 2. The third-order valence-corrected chi connectivity index (χ3v) is 2.89. The Hall–Kier alpha value is -1.84. The Morgan fingerprint density at radius 3 is 2.21 bits per heavy atom. The van der Waals surface area contributed by atoms with Crippen molar-refractivity contribution in [3.63, 3.8) is 0 Å². The van der Waals surface area contributed by atoms with Crippen molar-refractivity contribution >= 4 is 35.1 Å². The molecule has 0 amide bonds. The third kappa shape index (κ3) is 3.34. The zero-order chi connectivity index (χ0) is 13.8. The van der Waals surface area contributed by atoms with Crippen molar-refractivity contribution in [2.45, 2.75) is 0 Å². The monoisotopic (exact) mass is 294 g/mol. The smallest absolute Gasteiger partial charge is 0.347 e. The van der Waals surface area contributed by atoms with Crippen LogP contribution in [0.4, 0.5) is 0 Å². The van der Waals surface area contributed by atoms with Crippen molar-refractivity contribution in [3.05, 3.63) is 69.7 Å². The molecule has 0 radical (unpaired) electrons. The van der Waals surface area contributed by atoms with Gasteiger partial charge in [0.1, 0.15) is 0 Å². The van der Waals surface area contributed by atoms with Gasteiger partial charge in [-0.25, -0.2) is 9.59 Å². The molecule has 2 rings (SSSR count). The maximum Gasteiger partial charge on any atom is 0.347 e. The topological polar surface area (TPSA) is 43.4 Å². The average Bonchev–Trinajstić information content (AvgIpc) is 2.39. The third-order valence-electron chi connectivity index (χ3n) is 2.35. The second kappa shape index (κ2) is 5.87. The van der Waals surface area contributed by atoms with Crippen LogP contribution in [0.5, 0.6) is 0 Å². The van der Waals surface area contributed by atoms with Gasteiger partial charge in [-0.1, -0.05) is 41.4 Å².